The Kier molecular flexibility index (Phi) is 5.94. The molecular formula is C10H20PbS4. The third-order valence-corrected chi connectivity index (χ3v) is 48.4. The van der Waals surface area contributed by atoms with Gasteiger partial charge in [0.05, 0.1) is 0 Å². The summed E-state index contributed by atoms with van der Waals surface area (Å²) in [6.45, 7) is 4.93. The molecule has 0 aromatic carbocycles. The summed E-state index contributed by atoms with van der Waals surface area (Å²) in [5, 5.41) is 2.09. The van der Waals surface area contributed by atoms with E-state index in [1.807, 2.05) is 0 Å². The maximum absolute atomic E-state index is 2.46. The van der Waals surface area contributed by atoms with Gasteiger partial charge in [-0.3, -0.25) is 0 Å². The van der Waals surface area contributed by atoms with Crippen LogP contribution < -0.4 is 0 Å². The molecule has 5 heteroatoms. The molecule has 0 N–H and O–H groups in total. The quantitative estimate of drug-likeness (QED) is 0.382. The molecule has 0 radical (unpaired) electrons. The molecule has 0 aromatic rings. The van der Waals surface area contributed by atoms with Gasteiger partial charge in [0.15, 0.2) is 0 Å². The molecule has 2 rings (SSSR count). The minimum absolute atomic E-state index is 1.04. The van der Waals surface area contributed by atoms with Crippen LogP contribution in [0, 0.1) is 0 Å². The predicted molar refractivity (Wildman–Crippen MR) is 84.1 cm³/mol. The molecule has 2 heterocycles. The van der Waals surface area contributed by atoms with Crippen molar-refractivity contribution in [3.8, 4) is 0 Å². The molecule has 2 aliphatic heterocycles. The van der Waals surface area contributed by atoms with E-state index in [1.54, 1.807) is 7.96 Å². The zero-order valence-corrected chi connectivity index (χ0v) is 16.7. The Morgan fingerprint density at radius 3 is 1.67 bits per heavy atom. The Balaban J connectivity index is 1.75. The SMILES string of the molecule is C[CH2][Pb]([CH2]C)([S]CC1CS1)[S]CC1CS1. The maximum atomic E-state index is 2.46. The van der Waals surface area contributed by atoms with Crippen LogP contribution in [0.2, 0.25) is 7.96 Å². The second-order valence-electron chi connectivity index (χ2n) is 4.15. The molecule has 2 fully saturated rings. The number of hydrogen-bond donors (Lipinski definition) is 0. The second-order valence-corrected chi connectivity index (χ2v) is 43.4. The summed E-state index contributed by atoms with van der Waals surface area (Å²) >= 11 is 2.44. The van der Waals surface area contributed by atoms with Crippen molar-refractivity contribution in [1.29, 1.82) is 0 Å². The molecule has 15 heavy (non-hydrogen) atoms. The molecule has 0 spiro atoms. The van der Waals surface area contributed by atoms with Crippen molar-refractivity contribution >= 4 is 58.3 Å². The number of hydrogen-bond acceptors (Lipinski definition) is 4. The fourth-order valence-corrected chi connectivity index (χ4v) is 38.4. The van der Waals surface area contributed by atoms with Gasteiger partial charge >= 0.3 is 114 Å². The summed E-state index contributed by atoms with van der Waals surface area (Å²) in [6, 6.07) is 0. The summed E-state index contributed by atoms with van der Waals surface area (Å²) in [4.78, 5) is 0. The molecule has 0 aliphatic carbocycles. The van der Waals surface area contributed by atoms with Crippen molar-refractivity contribution in [3.63, 3.8) is 0 Å². The summed E-state index contributed by atoms with van der Waals surface area (Å²) in [5.74, 6) is 5.87. The van der Waals surface area contributed by atoms with Crippen LogP contribution in [0.4, 0.5) is 0 Å². The summed E-state index contributed by atoms with van der Waals surface area (Å²) in [5.41, 5.74) is 0. The second kappa shape index (κ2) is 6.48. The third kappa shape index (κ3) is 4.83. The summed E-state index contributed by atoms with van der Waals surface area (Å²) < 4.78 is 3.10. The Labute approximate surface area is 112 Å². The predicted octanol–water partition coefficient (Wildman–Crippen LogP) is 4.17. The Bertz CT molecular complexity index is 182. The van der Waals surface area contributed by atoms with E-state index in [1.165, 1.54) is 23.0 Å². The molecule has 2 atom stereocenters. The average molecular weight is 476 g/mol. The van der Waals surface area contributed by atoms with E-state index in [9.17, 15) is 0 Å². The first-order valence-electron chi connectivity index (χ1n) is 5.79. The molecule has 2 saturated heterocycles. The van der Waals surface area contributed by atoms with Gasteiger partial charge in [-0.15, -0.1) is 0 Å². The Morgan fingerprint density at radius 1 is 1.00 bits per heavy atom. The fraction of sp³-hybridized carbons (Fsp3) is 1.00. The standard InChI is InChI=1S/2C3H6S2.2C2H5.Pb/c2*4-1-3-2-5-3;2*1-2;/h2*3-4H,1-2H2;2*1H2,2H3;/q;;;;+2/p-2. The van der Waals surface area contributed by atoms with Gasteiger partial charge in [0.2, 0.25) is 0 Å². The van der Waals surface area contributed by atoms with Crippen LogP contribution in [0.3, 0.4) is 0 Å². The van der Waals surface area contributed by atoms with E-state index in [-0.39, 0.29) is 0 Å². The van der Waals surface area contributed by atoms with Gasteiger partial charge in [0.1, 0.15) is 0 Å². The Morgan fingerprint density at radius 2 is 1.40 bits per heavy atom. The van der Waals surface area contributed by atoms with Gasteiger partial charge in [-0.25, -0.2) is 0 Å². The molecule has 88 valence electrons. The van der Waals surface area contributed by atoms with Crippen molar-refractivity contribution in [3.05, 3.63) is 0 Å². The van der Waals surface area contributed by atoms with Crippen LogP contribution >= 0.6 is 40.1 Å². The molecule has 0 aromatic heterocycles. The van der Waals surface area contributed by atoms with Crippen molar-refractivity contribution < 1.29 is 0 Å². The molecule has 2 unspecified atom stereocenters. The van der Waals surface area contributed by atoms with E-state index < -0.39 is 18.2 Å². The van der Waals surface area contributed by atoms with Gasteiger partial charge in [0, 0.05) is 0 Å². The van der Waals surface area contributed by atoms with E-state index in [0.717, 1.165) is 10.5 Å². The van der Waals surface area contributed by atoms with E-state index in [2.05, 4.69) is 54.0 Å². The number of rotatable bonds is 8. The first kappa shape index (κ1) is 13.7. The van der Waals surface area contributed by atoms with Gasteiger partial charge in [-0.1, -0.05) is 0 Å². The zero-order chi connectivity index (χ0) is 10.7. The first-order valence-corrected chi connectivity index (χ1v) is 24.9. The van der Waals surface area contributed by atoms with Crippen LogP contribution in [-0.4, -0.2) is 51.7 Å². The Hall–Kier alpha value is 2.32. The van der Waals surface area contributed by atoms with Crippen LogP contribution in [0.1, 0.15) is 13.8 Å². The summed E-state index contributed by atoms with van der Waals surface area (Å²) in [6.07, 6.45) is 0. The molecule has 2 aliphatic rings. The fourth-order valence-electron chi connectivity index (χ4n) is 1.52. The average Bonchev–Trinajstić information content (AvgIpc) is 3.14. The van der Waals surface area contributed by atoms with Crippen molar-refractivity contribution in [2.45, 2.75) is 32.3 Å². The molecule has 0 bridgehead atoms. The van der Waals surface area contributed by atoms with Crippen LogP contribution in [0.25, 0.3) is 0 Å². The van der Waals surface area contributed by atoms with Crippen molar-refractivity contribution in [1.82, 2.24) is 0 Å². The van der Waals surface area contributed by atoms with Gasteiger partial charge < -0.3 is 0 Å². The molecule has 0 amide bonds. The summed E-state index contributed by atoms with van der Waals surface area (Å²) in [7, 11) is 4.93. The monoisotopic (exact) mass is 476 g/mol. The topological polar surface area (TPSA) is 0 Å². The normalized spacial score (nSPS) is 29.2. The van der Waals surface area contributed by atoms with E-state index >= 15 is 0 Å². The van der Waals surface area contributed by atoms with Crippen LogP contribution in [-0.2, 0) is 0 Å². The van der Waals surface area contributed by atoms with E-state index in [4.69, 9.17) is 0 Å². The first-order chi connectivity index (χ1) is 7.28. The molecule has 0 saturated carbocycles. The minimum atomic E-state index is -1.89. The van der Waals surface area contributed by atoms with E-state index in [0.29, 0.717) is 0 Å². The molecular weight excluding hydrogens is 456 g/mol. The third-order valence-electron chi connectivity index (χ3n) is 2.95. The van der Waals surface area contributed by atoms with Gasteiger partial charge in [-0.2, -0.15) is 0 Å². The van der Waals surface area contributed by atoms with Crippen molar-refractivity contribution in [2.24, 2.45) is 0 Å². The number of thioether (sulfide) groups is 2. The zero-order valence-electron chi connectivity index (χ0n) is 9.53. The van der Waals surface area contributed by atoms with Crippen LogP contribution in [0.5, 0.6) is 0 Å². The van der Waals surface area contributed by atoms with Gasteiger partial charge in [-0.05, 0) is 0 Å². The molecule has 0 nitrogen and oxygen atoms in total. The van der Waals surface area contributed by atoms with Crippen molar-refractivity contribution in [2.75, 3.05) is 23.0 Å². The van der Waals surface area contributed by atoms with Crippen LogP contribution in [0.15, 0.2) is 0 Å². The van der Waals surface area contributed by atoms with Gasteiger partial charge in [0.25, 0.3) is 0 Å².